The van der Waals surface area contributed by atoms with E-state index >= 15 is 0 Å². The summed E-state index contributed by atoms with van der Waals surface area (Å²) in [4.78, 5) is 25.7. The van der Waals surface area contributed by atoms with Gasteiger partial charge in [0.1, 0.15) is 0 Å². The van der Waals surface area contributed by atoms with E-state index in [1.807, 2.05) is 27.7 Å². The molecule has 1 aromatic rings. The molecule has 0 unspecified atom stereocenters. The Morgan fingerprint density at radius 3 is 1.87 bits per heavy atom. The number of carbonyl (C=O) groups is 2. The van der Waals surface area contributed by atoms with Crippen molar-refractivity contribution in [2.45, 2.75) is 46.8 Å². The summed E-state index contributed by atoms with van der Waals surface area (Å²) in [5.74, 6) is -0.417. The van der Waals surface area contributed by atoms with Crippen molar-refractivity contribution in [3.05, 3.63) is 35.4 Å². The molecule has 0 N–H and O–H groups in total. The Morgan fingerprint density at radius 1 is 0.957 bits per heavy atom. The van der Waals surface area contributed by atoms with Gasteiger partial charge in [0.25, 0.3) is 11.8 Å². The van der Waals surface area contributed by atoms with Crippen molar-refractivity contribution in [1.29, 1.82) is 0 Å². The molecule has 0 atom stereocenters. The SMILES string of the molecule is CC.CCOC(CCCN1C(=O)c2ccccc2C1=O)OCC. The van der Waals surface area contributed by atoms with Crippen LogP contribution < -0.4 is 0 Å². The summed E-state index contributed by atoms with van der Waals surface area (Å²) in [7, 11) is 0. The number of amides is 2. The molecule has 1 aromatic carbocycles. The van der Waals surface area contributed by atoms with Gasteiger partial charge in [-0.3, -0.25) is 14.5 Å². The van der Waals surface area contributed by atoms with Crippen LogP contribution in [0.5, 0.6) is 0 Å². The van der Waals surface area contributed by atoms with Crippen molar-refractivity contribution < 1.29 is 19.1 Å². The molecule has 0 bridgehead atoms. The maximum absolute atomic E-state index is 12.2. The standard InChI is InChI=1S/C16H21NO4.C2H6/c1-3-20-14(21-4-2)10-7-11-17-15(18)12-8-5-6-9-13(12)16(17)19;1-2/h5-6,8-9,14H,3-4,7,10-11H2,1-2H3;1-2H3. The summed E-state index contributed by atoms with van der Waals surface area (Å²) in [6, 6.07) is 6.93. The fraction of sp³-hybridized carbons (Fsp3) is 0.556. The third-order valence-corrected chi connectivity index (χ3v) is 3.40. The van der Waals surface area contributed by atoms with E-state index in [-0.39, 0.29) is 18.1 Å². The van der Waals surface area contributed by atoms with Gasteiger partial charge in [-0.05, 0) is 32.4 Å². The molecule has 0 fully saturated rings. The molecule has 1 heterocycles. The molecule has 5 heteroatoms. The van der Waals surface area contributed by atoms with E-state index in [1.54, 1.807) is 24.3 Å². The zero-order valence-electron chi connectivity index (χ0n) is 14.5. The molecule has 23 heavy (non-hydrogen) atoms. The van der Waals surface area contributed by atoms with Gasteiger partial charge in [0.2, 0.25) is 0 Å². The smallest absolute Gasteiger partial charge is 0.261 e. The molecular formula is C18H27NO4. The van der Waals surface area contributed by atoms with E-state index in [0.717, 1.165) is 0 Å². The lowest BCUT2D eigenvalue weighted by Crippen LogP contribution is -2.31. The number of carbonyl (C=O) groups excluding carboxylic acids is 2. The van der Waals surface area contributed by atoms with Crippen LogP contribution in [0.1, 0.15) is 61.3 Å². The second-order valence-electron chi connectivity index (χ2n) is 4.79. The highest BCUT2D eigenvalue weighted by molar-refractivity contribution is 6.21. The number of rotatable bonds is 8. The van der Waals surface area contributed by atoms with E-state index < -0.39 is 0 Å². The van der Waals surface area contributed by atoms with E-state index in [0.29, 0.717) is 43.7 Å². The van der Waals surface area contributed by atoms with Crippen LogP contribution in [0.2, 0.25) is 0 Å². The molecule has 0 saturated heterocycles. The highest BCUT2D eigenvalue weighted by Gasteiger charge is 2.34. The van der Waals surface area contributed by atoms with Crippen molar-refractivity contribution in [2.24, 2.45) is 0 Å². The van der Waals surface area contributed by atoms with Crippen molar-refractivity contribution >= 4 is 11.8 Å². The first-order valence-corrected chi connectivity index (χ1v) is 8.37. The van der Waals surface area contributed by atoms with Crippen LogP contribution in [0.25, 0.3) is 0 Å². The quantitative estimate of drug-likeness (QED) is 0.543. The third kappa shape index (κ3) is 4.88. The average Bonchev–Trinajstić information content (AvgIpc) is 2.82. The minimum Gasteiger partial charge on any atom is -0.353 e. The fourth-order valence-corrected chi connectivity index (χ4v) is 2.44. The summed E-state index contributed by atoms with van der Waals surface area (Å²) in [5, 5.41) is 0. The Balaban J connectivity index is 0.00000127. The molecule has 2 rings (SSSR count). The Bertz CT molecular complexity index is 474. The molecular weight excluding hydrogens is 294 g/mol. The number of benzene rings is 1. The first-order valence-electron chi connectivity index (χ1n) is 8.37. The van der Waals surface area contributed by atoms with Gasteiger partial charge in [-0.25, -0.2) is 0 Å². The predicted molar refractivity (Wildman–Crippen MR) is 89.4 cm³/mol. The molecule has 0 aliphatic carbocycles. The minimum atomic E-state index is -0.268. The van der Waals surface area contributed by atoms with Crippen LogP contribution in [-0.2, 0) is 9.47 Å². The summed E-state index contributed by atoms with van der Waals surface area (Å²) in [6.07, 6.45) is 1.06. The van der Waals surface area contributed by atoms with Gasteiger partial charge in [0.05, 0.1) is 11.1 Å². The Hall–Kier alpha value is -1.72. The lowest BCUT2D eigenvalue weighted by molar-refractivity contribution is -0.140. The molecule has 0 radical (unpaired) electrons. The number of hydrogen-bond acceptors (Lipinski definition) is 4. The molecule has 0 spiro atoms. The Labute approximate surface area is 138 Å². The zero-order valence-corrected chi connectivity index (χ0v) is 14.5. The summed E-state index contributed by atoms with van der Waals surface area (Å²) < 4.78 is 10.9. The minimum absolute atomic E-state index is 0.208. The molecule has 1 aliphatic heterocycles. The summed E-state index contributed by atoms with van der Waals surface area (Å²) in [5.41, 5.74) is 0.988. The molecule has 2 amide bonds. The van der Waals surface area contributed by atoms with Crippen LogP contribution in [-0.4, -0.2) is 42.8 Å². The first-order chi connectivity index (χ1) is 11.2. The maximum atomic E-state index is 12.2. The van der Waals surface area contributed by atoms with E-state index in [4.69, 9.17) is 9.47 Å². The molecule has 5 nitrogen and oxygen atoms in total. The molecule has 128 valence electrons. The van der Waals surface area contributed by atoms with Gasteiger partial charge >= 0.3 is 0 Å². The van der Waals surface area contributed by atoms with E-state index in [2.05, 4.69) is 0 Å². The number of fused-ring (bicyclic) bond motifs is 1. The fourth-order valence-electron chi connectivity index (χ4n) is 2.44. The van der Waals surface area contributed by atoms with Crippen LogP contribution >= 0.6 is 0 Å². The van der Waals surface area contributed by atoms with Gasteiger partial charge in [0, 0.05) is 26.2 Å². The van der Waals surface area contributed by atoms with Gasteiger partial charge in [-0.1, -0.05) is 26.0 Å². The second-order valence-corrected chi connectivity index (χ2v) is 4.79. The molecule has 0 aromatic heterocycles. The van der Waals surface area contributed by atoms with Crippen LogP contribution in [0.4, 0.5) is 0 Å². The maximum Gasteiger partial charge on any atom is 0.261 e. The van der Waals surface area contributed by atoms with Crippen LogP contribution in [0, 0.1) is 0 Å². The number of imide groups is 1. The van der Waals surface area contributed by atoms with Crippen molar-refractivity contribution in [3.8, 4) is 0 Å². The summed E-state index contributed by atoms with van der Waals surface area (Å²) in [6.45, 7) is 9.38. The highest BCUT2D eigenvalue weighted by atomic mass is 16.7. The van der Waals surface area contributed by atoms with Gasteiger partial charge in [-0.15, -0.1) is 0 Å². The van der Waals surface area contributed by atoms with Gasteiger partial charge in [0.15, 0.2) is 6.29 Å². The predicted octanol–water partition coefficient (Wildman–Crippen LogP) is 3.49. The van der Waals surface area contributed by atoms with Gasteiger partial charge < -0.3 is 9.47 Å². The van der Waals surface area contributed by atoms with Gasteiger partial charge in [-0.2, -0.15) is 0 Å². The molecule has 0 saturated carbocycles. The van der Waals surface area contributed by atoms with E-state index in [1.165, 1.54) is 4.90 Å². The average molecular weight is 321 g/mol. The van der Waals surface area contributed by atoms with E-state index in [9.17, 15) is 9.59 Å². The summed E-state index contributed by atoms with van der Waals surface area (Å²) >= 11 is 0. The normalized spacial score (nSPS) is 13.2. The topological polar surface area (TPSA) is 55.8 Å². The Kier molecular flexibility index (Phi) is 8.51. The lowest BCUT2D eigenvalue weighted by atomic mass is 10.1. The first kappa shape index (κ1) is 19.3. The number of hydrogen-bond donors (Lipinski definition) is 0. The second kappa shape index (κ2) is 10.1. The molecule has 1 aliphatic rings. The number of ether oxygens (including phenoxy) is 2. The number of nitrogens with zero attached hydrogens (tertiary/aromatic N) is 1. The highest BCUT2D eigenvalue weighted by Crippen LogP contribution is 2.22. The largest absolute Gasteiger partial charge is 0.353 e. The van der Waals surface area contributed by atoms with Crippen LogP contribution in [0.15, 0.2) is 24.3 Å². The zero-order chi connectivity index (χ0) is 17.2. The Morgan fingerprint density at radius 2 is 1.43 bits per heavy atom. The van der Waals surface area contributed by atoms with Crippen molar-refractivity contribution in [1.82, 2.24) is 4.90 Å². The van der Waals surface area contributed by atoms with Crippen LogP contribution in [0.3, 0.4) is 0 Å². The monoisotopic (exact) mass is 321 g/mol. The lowest BCUT2D eigenvalue weighted by Gasteiger charge is -2.18. The van der Waals surface area contributed by atoms with Crippen molar-refractivity contribution in [2.75, 3.05) is 19.8 Å². The van der Waals surface area contributed by atoms with Crippen molar-refractivity contribution in [3.63, 3.8) is 0 Å². The third-order valence-electron chi connectivity index (χ3n) is 3.40.